The molecule has 0 bridgehead atoms. The second-order valence-electron chi connectivity index (χ2n) is 36.0. The predicted octanol–water partition coefficient (Wildman–Crippen LogP) is -5.27. The molecule has 51 heteroatoms. The zero-order valence-corrected chi connectivity index (χ0v) is 81.1. The summed E-state index contributed by atoms with van der Waals surface area (Å²) in [6, 6.07) is -9.16. The second kappa shape index (κ2) is 59.2. The molecule has 3 aromatic carbocycles. The lowest BCUT2D eigenvalue weighted by Crippen LogP contribution is -2.61. The van der Waals surface area contributed by atoms with Gasteiger partial charge in [-0.25, -0.2) is 4.79 Å². The number of aliphatic carboxylic acids is 5. The number of benzene rings is 3. The molecule has 1 heterocycles. The first-order chi connectivity index (χ1) is 67.1. The van der Waals surface area contributed by atoms with Gasteiger partial charge in [0.25, 0.3) is 0 Å². The van der Waals surface area contributed by atoms with Crippen LogP contribution in [0.4, 0.5) is 0 Å². The van der Waals surface area contributed by atoms with Crippen LogP contribution in [0.3, 0.4) is 0 Å². The quantitative estimate of drug-likeness (QED) is 0.0112. The summed E-state index contributed by atoms with van der Waals surface area (Å²) in [4.78, 5) is 304. The van der Waals surface area contributed by atoms with E-state index in [0.29, 0.717) is 27.6 Å². The number of nitrogens with one attached hydrogen (secondary N) is 19. The maximum absolute atomic E-state index is 14.9. The Morgan fingerprint density at radius 1 is 0.350 bits per heavy atom. The van der Waals surface area contributed by atoms with Crippen LogP contribution < -0.4 is 108 Å². The molecular weight excluding hydrogens is 1880 g/mol. The molecule has 0 spiro atoms. The molecule has 1 aromatic heterocycles. The van der Waals surface area contributed by atoms with Crippen LogP contribution in [-0.2, 0) is 125 Å². The van der Waals surface area contributed by atoms with Gasteiger partial charge in [-0.05, 0) is 124 Å². The van der Waals surface area contributed by atoms with Crippen LogP contribution in [0, 0.1) is 29.1 Å². The Morgan fingerprint density at radius 2 is 0.685 bits per heavy atom. The highest BCUT2D eigenvalue weighted by Crippen LogP contribution is 2.22. The van der Waals surface area contributed by atoms with E-state index in [1.54, 1.807) is 97.9 Å². The molecule has 4 rings (SSSR count). The van der Waals surface area contributed by atoms with E-state index in [-0.39, 0.29) is 63.2 Å². The van der Waals surface area contributed by atoms with Crippen LogP contribution in [0.2, 0.25) is 0 Å². The van der Waals surface area contributed by atoms with E-state index in [1.165, 1.54) is 49.5 Å². The molecule has 0 unspecified atom stereocenters. The molecular formula is C92H134N22O29. The highest BCUT2D eigenvalue weighted by atomic mass is 16.4. The van der Waals surface area contributed by atoms with Crippen molar-refractivity contribution in [2.45, 2.75) is 275 Å². The lowest BCUT2D eigenvalue weighted by Gasteiger charge is -2.28. The van der Waals surface area contributed by atoms with Gasteiger partial charge in [0.2, 0.25) is 100 Å². The van der Waals surface area contributed by atoms with Crippen molar-refractivity contribution in [1.29, 1.82) is 5.41 Å². The minimum absolute atomic E-state index is 0.0165. The molecule has 786 valence electrons. The average Bonchev–Trinajstić information content (AvgIpc) is 1.69. The number of para-hydroxylation sites is 1. The van der Waals surface area contributed by atoms with Crippen molar-refractivity contribution in [2.75, 3.05) is 13.2 Å². The molecule has 0 aliphatic rings. The van der Waals surface area contributed by atoms with E-state index in [9.17, 15) is 141 Å². The van der Waals surface area contributed by atoms with Gasteiger partial charge in [-0.1, -0.05) is 116 Å². The summed E-state index contributed by atoms with van der Waals surface area (Å²) in [5.74, 6) is -29.8. The number of phenols is 1. The number of guanidine groups is 1. The van der Waals surface area contributed by atoms with E-state index < -0.39 is 315 Å². The normalized spacial score (nSPS) is 14.7. The van der Waals surface area contributed by atoms with Crippen LogP contribution in [0.25, 0.3) is 10.9 Å². The number of aromatic amines is 1. The highest BCUT2D eigenvalue weighted by Gasteiger charge is 2.41. The third-order valence-electron chi connectivity index (χ3n) is 21.9. The fourth-order valence-corrected chi connectivity index (χ4v) is 14.4. The summed E-state index contributed by atoms with van der Waals surface area (Å²) >= 11 is 0. The summed E-state index contributed by atoms with van der Waals surface area (Å²) in [5.41, 5.74) is 18.2. The summed E-state index contributed by atoms with van der Waals surface area (Å²) in [6.07, 6.45) is -6.55. The summed E-state index contributed by atoms with van der Waals surface area (Å²) in [6.45, 7) is 15.3. The van der Waals surface area contributed by atoms with E-state index in [2.05, 4.69) is 95.4 Å². The fraction of sp³-hybridized carbons (Fsp3) is 0.533. The van der Waals surface area contributed by atoms with Crippen molar-refractivity contribution < 1.29 is 141 Å². The topological polar surface area (TPSA) is 839 Å². The second-order valence-corrected chi connectivity index (χ2v) is 36.0. The molecule has 0 fully saturated rings. The number of aliphatic hydroxyl groups is 1. The zero-order valence-electron chi connectivity index (χ0n) is 81.1. The number of fused-ring (bicyclic) bond motifs is 1. The van der Waals surface area contributed by atoms with Crippen molar-refractivity contribution in [2.24, 2.45) is 40.9 Å². The first-order valence-corrected chi connectivity index (χ1v) is 46.1. The highest BCUT2D eigenvalue weighted by molar-refractivity contribution is 6.03. The van der Waals surface area contributed by atoms with Gasteiger partial charge < -0.3 is 148 Å². The minimum Gasteiger partial charge on any atom is -0.508 e. The number of carboxylic acids is 5. The lowest BCUT2D eigenvalue weighted by molar-refractivity contribution is -0.143. The molecule has 32 N–H and O–H groups in total. The van der Waals surface area contributed by atoms with Crippen LogP contribution in [-0.4, -0.2) is 293 Å². The maximum Gasteiger partial charge on any atom is 0.326 e. The molecule has 0 saturated heterocycles. The van der Waals surface area contributed by atoms with Crippen LogP contribution >= 0.6 is 0 Å². The lowest BCUT2D eigenvalue weighted by atomic mass is 10.00. The third-order valence-corrected chi connectivity index (χ3v) is 21.9. The maximum atomic E-state index is 14.9. The Hall–Kier alpha value is -15.5. The van der Waals surface area contributed by atoms with Crippen molar-refractivity contribution in [3.05, 3.63) is 102 Å². The molecule has 51 nitrogen and oxygen atoms in total. The Kier molecular flexibility index (Phi) is 49.6. The smallest absolute Gasteiger partial charge is 0.326 e. The van der Waals surface area contributed by atoms with Gasteiger partial charge in [-0.15, -0.1) is 0 Å². The number of nitrogens with two attached hydrogens (primary N) is 3. The largest absolute Gasteiger partial charge is 0.508 e. The first-order valence-electron chi connectivity index (χ1n) is 46.1. The number of aromatic hydroxyl groups is 1. The monoisotopic (exact) mass is 2010 g/mol. The Bertz CT molecular complexity index is 5150. The number of aliphatic hydroxyl groups excluding tert-OH is 1. The van der Waals surface area contributed by atoms with E-state index >= 15 is 0 Å². The van der Waals surface area contributed by atoms with Gasteiger partial charge in [0.1, 0.15) is 108 Å². The predicted molar refractivity (Wildman–Crippen MR) is 509 cm³/mol. The Balaban J connectivity index is 1.59. The summed E-state index contributed by atoms with van der Waals surface area (Å²) in [5, 5.41) is 118. The van der Waals surface area contributed by atoms with Crippen molar-refractivity contribution in [3.63, 3.8) is 0 Å². The number of rotatable bonds is 63. The van der Waals surface area contributed by atoms with Gasteiger partial charge in [0.05, 0.1) is 25.9 Å². The summed E-state index contributed by atoms with van der Waals surface area (Å²) in [7, 11) is 0. The zero-order chi connectivity index (χ0) is 108. The van der Waals surface area contributed by atoms with Gasteiger partial charge >= 0.3 is 29.8 Å². The van der Waals surface area contributed by atoms with E-state index in [1.807, 2.05) is 0 Å². The molecule has 17 atom stereocenters. The van der Waals surface area contributed by atoms with Crippen LogP contribution in [0.15, 0.2) is 85.1 Å². The van der Waals surface area contributed by atoms with Crippen molar-refractivity contribution in [3.8, 4) is 5.75 Å². The average molecular weight is 2010 g/mol. The number of H-pyrrole nitrogens is 1. The third kappa shape index (κ3) is 43.0. The minimum atomic E-state index is -2.12. The first kappa shape index (κ1) is 120. The van der Waals surface area contributed by atoms with Gasteiger partial charge in [-0.3, -0.25) is 106 Å². The summed E-state index contributed by atoms with van der Waals surface area (Å²) < 4.78 is 0. The molecule has 143 heavy (non-hydrogen) atoms. The number of amides is 17. The number of carbonyl (C=O) groups is 22. The molecule has 4 aromatic rings. The molecule has 17 amide bonds. The van der Waals surface area contributed by atoms with Crippen LogP contribution in [0.5, 0.6) is 5.75 Å². The number of aromatic nitrogens is 1. The molecule has 0 saturated carbocycles. The van der Waals surface area contributed by atoms with Gasteiger partial charge in [0.15, 0.2) is 5.96 Å². The fourth-order valence-electron chi connectivity index (χ4n) is 14.4. The molecule has 0 aliphatic carbocycles. The van der Waals surface area contributed by atoms with Crippen molar-refractivity contribution in [1.82, 2.24) is 95.4 Å². The Morgan fingerprint density at radius 3 is 1.10 bits per heavy atom. The van der Waals surface area contributed by atoms with Gasteiger partial charge in [0, 0.05) is 55.7 Å². The van der Waals surface area contributed by atoms with Crippen LogP contribution in [0.1, 0.15) is 170 Å². The molecule has 0 radical (unpaired) electrons. The SMILES string of the molecule is CC(C)C[C@H](NC(=O)[C@H](CC(=O)O)NC(=O)[C@H](CC(C)C)NC(=O)[C@H](CC(=O)O)NC(=O)[C@H](CC(C)C)NC(=O)[C@H](CC(=O)O)NC(=O)[C@H](Cc1ccccc1)NC(=O)[C@H](C)NC(=O)[C@H](C)NC(=O)[C@H](CCC(=O)O)NC(=O)[C@H](Cc1c[nH]c2ccccc12)NC(=O)[C@H](CCCNC(=N)N)NC(=O)[C@H](C)NC(=O)[C@H](CCC(N)=O)NC(=O)[C@@H](NC(=O)[C@@H](N)CO)C(C)C)C(=O)N[C@@H](Cc1ccc(O)cc1)C(=O)O. The molecule has 0 aliphatic heterocycles. The van der Waals surface area contributed by atoms with Crippen molar-refractivity contribution >= 4 is 147 Å². The number of carboxylic acid groups (broad SMARTS) is 5. The van der Waals surface area contributed by atoms with Gasteiger partial charge in [-0.2, -0.15) is 0 Å². The number of hydrogen-bond donors (Lipinski definition) is 29. The number of hydrogen-bond acceptors (Lipinski definition) is 26. The number of phenolic OH excluding ortho intramolecular Hbond substituents is 1. The standard InChI is InChI=1S/C92H134N22O29/c1-43(2)32-60(82(133)111-66(39-72(122)123)88(139)108-62(34-45(5)6)84(135)113-68(91(142)143)36-51-23-25-53(116)26-24-51)106-87(138)65(38-71(120)121)110-83(134)61(33-44(3)4)107-89(140)67(40-73(124)125)112-85(136)63(35-50-18-13-12-14-19-50)105-77(128)48(10)99-75(126)47(9)100-80(131)59(28-30-70(118)119)103-86(137)64(37-52-41-98-56-21-16-15-20-54(52)56)109-81(132)57(22-17-31-97-92(95)96)102-76(127)49(11)101-79(130)58(27-29-69(94)117)104-90(141)74(46(7)8)114-78(129)55(93)42-115/h12-16,18-21,23-26,41,43-49,55,57-68,74,98,115-116H,17,22,27-40,42,93H2,1-11H3,(H2,94,117)(H,99,126)(H,100,131)(H,101,130)(H,102,127)(H,103,137)(H,104,141)(H,105,128)(H,106,138)(H,107,140)(H,108,139)(H,109,132)(H,110,134)(H,111,133)(H,112,136)(H,113,135)(H,114,129)(H,118,119)(H,120,121)(H,122,123)(H,124,125)(H,142,143)(H4,95,96,97)/t47-,48-,49-,55-,57-,58-,59-,60-,61-,62-,63-,64-,65-,66-,67-,68-,74-/m0/s1. The Labute approximate surface area is 822 Å². The number of carbonyl (C=O) groups excluding carboxylic acids is 17. The van der Waals surface area contributed by atoms with E-state index in [4.69, 9.17) is 22.6 Å². The van der Waals surface area contributed by atoms with E-state index in [0.717, 1.165) is 13.8 Å². The number of primary amides is 1.